The lowest BCUT2D eigenvalue weighted by Crippen LogP contribution is -2.44. The van der Waals surface area contributed by atoms with Crippen molar-refractivity contribution in [3.63, 3.8) is 0 Å². The van der Waals surface area contributed by atoms with Crippen LogP contribution >= 0.6 is 0 Å². The minimum Gasteiger partial charge on any atom is -0.466 e. The Labute approximate surface area is 166 Å². The highest BCUT2D eigenvalue weighted by molar-refractivity contribution is 5.85. The van der Waals surface area contributed by atoms with E-state index in [0.717, 1.165) is 30.4 Å². The van der Waals surface area contributed by atoms with Gasteiger partial charge in [-0.1, -0.05) is 36.4 Å². The molecule has 0 spiro atoms. The van der Waals surface area contributed by atoms with Crippen LogP contribution in [-0.2, 0) is 25.5 Å². The molecule has 28 heavy (non-hydrogen) atoms. The number of allylic oxidation sites excluding steroid dienone is 1. The monoisotopic (exact) mass is 384 g/mol. The zero-order chi connectivity index (χ0) is 20.3. The summed E-state index contributed by atoms with van der Waals surface area (Å²) in [6.07, 6.45) is 3.47. The van der Waals surface area contributed by atoms with Crippen LogP contribution in [0.4, 0.5) is 0 Å². The minimum atomic E-state index is -0.811. The average Bonchev–Trinajstić information content (AvgIpc) is 3.39. The molecule has 6 heteroatoms. The van der Waals surface area contributed by atoms with Crippen LogP contribution in [0.5, 0.6) is 0 Å². The normalized spacial score (nSPS) is 20.5. The lowest BCUT2D eigenvalue weighted by Gasteiger charge is -2.30. The van der Waals surface area contributed by atoms with Gasteiger partial charge in [0.15, 0.2) is 0 Å². The van der Waals surface area contributed by atoms with E-state index < -0.39 is 24.1 Å². The van der Waals surface area contributed by atoms with Crippen molar-refractivity contribution in [2.75, 3.05) is 13.7 Å². The number of carbonyl (C=O) groups excluding carboxylic acids is 2. The summed E-state index contributed by atoms with van der Waals surface area (Å²) in [4.78, 5) is 31.0. The van der Waals surface area contributed by atoms with Crippen molar-refractivity contribution in [1.82, 2.24) is 4.90 Å². The quantitative estimate of drug-likeness (QED) is 0.509. The largest absolute Gasteiger partial charge is 0.466 e. The maximum atomic E-state index is 12.8. The fourth-order valence-electron chi connectivity index (χ4n) is 3.52. The molecule has 0 aromatic heterocycles. The molecule has 6 nitrogen and oxygen atoms in total. The van der Waals surface area contributed by atoms with E-state index in [2.05, 4.69) is 23.7 Å². The molecule has 2 unspecified atom stereocenters. The first-order valence-corrected chi connectivity index (χ1v) is 9.69. The maximum Gasteiger partial charge on any atom is 0.347 e. The SMILES string of the molecule is C=C(C)Cc1cccc([C@@H](C)N2C=NCC2C(=O)OC(C(=O)OC)C2CC2)c1. The van der Waals surface area contributed by atoms with Gasteiger partial charge in [0.25, 0.3) is 0 Å². The van der Waals surface area contributed by atoms with Gasteiger partial charge in [0.1, 0.15) is 6.04 Å². The van der Waals surface area contributed by atoms with E-state index in [9.17, 15) is 9.59 Å². The Morgan fingerprint density at radius 2 is 2.11 bits per heavy atom. The Kier molecular flexibility index (Phi) is 6.17. The number of hydrogen-bond acceptors (Lipinski definition) is 6. The van der Waals surface area contributed by atoms with Gasteiger partial charge >= 0.3 is 11.9 Å². The molecule has 0 bridgehead atoms. The fraction of sp³-hybridized carbons (Fsp3) is 0.500. The number of hydrogen-bond donors (Lipinski definition) is 0. The lowest BCUT2D eigenvalue weighted by molar-refractivity contribution is -0.170. The molecule has 0 radical (unpaired) electrons. The standard InChI is InChI=1S/C22H28N2O4/c1-14(2)10-16-6-5-7-18(11-16)15(3)24-13-23-12-19(24)21(25)28-20(17-8-9-17)22(26)27-4/h5-7,11,13,15,17,19-20H,1,8-10,12H2,2-4H3/t15-,19?,20?/m1/s1. The predicted octanol–water partition coefficient (Wildman–Crippen LogP) is 3.07. The molecule has 2 aliphatic rings. The van der Waals surface area contributed by atoms with E-state index in [1.807, 2.05) is 30.9 Å². The second-order valence-electron chi connectivity index (χ2n) is 7.72. The third-order valence-electron chi connectivity index (χ3n) is 5.24. The highest BCUT2D eigenvalue weighted by atomic mass is 16.6. The molecule has 1 aliphatic carbocycles. The van der Waals surface area contributed by atoms with E-state index >= 15 is 0 Å². The molecule has 150 valence electrons. The molecule has 3 atom stereocenters. The van der Waals surface area contributed by atoms with Crippen LogP contribution < -0.4 is 0 Å². The summed E-state index contributed by atoms with van der Waals surface area (Å²) in [6.45, 7) is 8.35. The summed E-state index contributed by atoms with van der Waals surface area (Å²) < 4.78 is 10.4. The molecule has 0 N–H and O–H groups in total. The predicted molar refractivity (Wildman–Crippen MR) is 107 cm³/mol. The van der Waals surface area contributed by atoms with Crippen molar-refractivity contribution in [2.45, 2.75) is 51.3 Å². The number of esters is 2. The van der Waals surface area contributed by atoms with Crippen molar-refractivity contribution >= 4 is 18.3 Å². The summed E-state index contributed by atoms with van der Waals surface area (Å²) in [5.74, 6) is -0.838. The van der Waals surface area contributed by atoms with Crippen LogP contribution in [-0.4, -0.2) is 49.0 Å². The van der Waals surface area contributed by atoms with E-state index in [1.165, 1.54) is 12.7 Å². The summed E-state index contributed by atoms with van der Waals surface area (Å²) in [5.41, 5.74) is 3.38. The third kappa shape index (κ3) is 4.61. The first kappa shape index (κ1) is 20.1. The molecule has 1 saturated carbocycles. The Hall–Kier alpha value is -2.63. The number of ether oxygens (including phenoxy) is 2. The van der Waals surface area contributed by atoms with Gasteiger partial charge in [-0.25, -0.2) is 9.59 Å². The molecular formula is C22H28N2O4. The van der Waals surface area contributed by atoms with E-state index in [4.69, 9.17) is 9.47 Å². The Morgan fingerprint density at radius 3 is 2.75 bits per heavy atom. The number of aliphatic imine (C=N–C) groups is 1. The van der Waals surface area contributed by atoms with E-state index in [0.29, 0.717) is 6.54 Å². The molecule has 1 fully saturated rings. The third-order valence-corrected chi connectivity index (χ3v) is 5.24. The average molecular weight is 384 g/mol. The number of nitrogens with zero attached hydrogens (tertiary/aromatic N) is 2. The number of carbonyl (C=O) groups is 2. The van der Waals surface area contributed by atoms with E-state index in [-0.39, 0.29) is 12.0 Å². The van der Waals surface area contributed by atoms with Gasteiger partial charge in [0, 0.05) is 5.92 Å². The first-order chi connectivity index (χ1) is 13.4. The smallest absolute Gasteiger partial charge is 0.347 e. The molecule has 1 aliphatic heterocycles. The second-order valence-corrected chi connectivity index (χ2v) is 7.72. The van der Waals surface area contributed by atoms with Gasteiger partial charge in [-0.05, 0) is 44.2 Å². The van der Waals surface area contributed by atoms with Crippen LogP contribution in [0.25, 0.3) is 0 Å². The van der Waals surface area contributed by atoms with Gasteiger partial charge in [0.05, 0.1) is 26.0 Å². The van der Waals surface area contributed by atoms with Crippen molar-refractivity contribution in [2.24, 2.45) is 10.9 Å². The van der Waals surface area contributed by atoms with Crippen LogP contribution in [0.15, 0.2) is 41.4 Å². The van der Waals surface area contributed by atoms with Crippen LogP contribution in [0.1, 0.15) is 43.9 Å². The first-order valence-electron chi connectivity index (χ1n) is 9.69. The van der Waals surface area contributed by atoms with Crippen molar-refractivity contribution in [1.29, 1.82) is 0 Å². The minimum absolute atomic E-state index is 0.0497. The van der Waals surface area contributed by atoms with Gasteiger partial charge in [0.2, 0.25) is 6.10 Å². The van der Waals surface area contributed by atoms with Gasteiger partial charge in [-0.3, -0.25) is 4.99 Å². The van der Waals surface area contributed by atoms with E-state index in [1.54, 1.807) is 6.34 Å². The second kappa shape index (κ2) is 8.59. The van der Waals surface area contributed by atoms with Crippen molar-refractivity contribution in [3.05, 3.63) is 47.5 Å². The summed E-state index contributed by atoms with van der Waals surface area (Å²) in [7, 11) is 1.32. The Morgan fingerprint density at radius 1 is 1.36 bits per heavy atom. The van der Waals surface area contributed by atoms with Gasteiger partial charge < -0.3 is 14.4 Å². The molecular weight excluding hydrogens is 356 g/mol. The lowest BCUT2D eigenvalue weighted by atomic mass is 10.00. The maximum absolute atomic E-state index is 12.8. The molecule has 1 heterocycles. The zero-order valence-electron chi connectivity index (χ0n) is 16.8. The molecule has 1 aromatic carbocycles. The zero-order valence-corrected chi connectivity index (χ0v) is 16.8. The molecule has 1 aromatic rings. The highest BCUT2D eigenvalue weighted by Gasteiger charge is 2.42. The summed E-state index contributed by atoms with van der Waals surface area (Å²) >= 11 is 0. The van der Waals surface area contributed by atoms with Crippen LogP contribution in [0.3, 0.4) is 0 Å². The Balaban J connectivity index is 1.71. The van der Waals surface area contributed by atoms with Crippen molar-refractivity contribution < 1.29 is 19.1 Å². The van der Waals surface area contributed by atoms with Crippen molar-refractivity contribution in [3.8, 4) is 0 Å². The number of rotatable bonds is 8. The topological polar surface area (TPSA) is 68.2 Å². The molecule has 0 amide bonds. The number of benzene rings is 1. The fourth-order valence-corrected chi connectivity index (χ4v) is 3.52. The highest BCUT2D eigenvalue weighted by Crippen LogP contribution is 2.35. The molecule has 0 saturated heterocycles. The van der Waals surface area contributed by atoms with Crippen LogP contribution in [0, 0.1) is 5.92 Å². The number of methoxy groups -OCH3 is 1. The molecule has 3 rings (SSSR count). The van der Waals surface area contributed by atoms with Gasteiger partial charge in [-0.15, -0.1) is 0 Å². The van der Waals surface area contributed by atoms with Crippen LogP contribution in [0.2, 0.25) is 0 Å². The summed E-state index contributed by atoms with van der Waals surface area (Å²) in [5, 5.41) is 0. The Bertz CT molecular complexity index is 784. The van der Waals surface area contributed by atoms with Gasteiger partial charge in [-0.2, -0.15) is 0 Å². The summed E-state index contributed by atoms with van der Waals surface area (Å²) in [6, 6.07) is 7.69.